The fourth-order valence-electron chi connectivity index (χ4n) is 8.59. The molecule has 3 fully saturated rings. The summed E-state index contributed by atoms with van der Waals surface area (Å²) in [4.78, 5) is 20.7. The van der Waals surface area contributed by atoms with Crippen LogP contribution < -0.4 is 19.7 Å². The van der Waals surface area contributed by atoms with E-state index >= 15 is 0 Å². The number of ether oxygens (including phenoxy) is 1. The number of benzene rings is 2. The lowest BCUT2D eigenvalue weighted by atomic mass is 9.70. The molecule has 10 heteroatoms. The second-order valence-corrected chi connectivity index (χ2v) is 17.6. The van der Waals surface area contributed by atoms with Gasteiger partial charge in [-0.25, -0.2) is 4.21 Å². The minimum absolute atomic E-state index is 0.0867. The summed E-state index contributed by atoms with van der Waals surface area (Å²) in [7, 11) is 0.788. The second kappa shape index (κ2) is 17.6. The summed E-state index contributed by atoms with van der Waals surface area (Å²) >= 11 is 6.39. The topological polar surface area (TPSA) is 77.2 Å². The third-order valence-electron chi connectivity index (χ3n) is 12.1. The van der Waals surface area contributed by atoms with Crippen LogP contribution in [0.3, 0.4) is 0 Å². The zero-order valence-electron chi connectivity index (χ0n) is 30.8. The molecule has 4 aliphatic heterocycles. The Kier molecular flexibility index (Phi) is 13.2. The highest BCUT2D eigenvalue weighted by Crippen LogP contribution is 2.43. The maximum atomic E-state index is 13.2. The Morgan fingerprint density at radius 1 is 0.960 bits per heavy atom. The summed E-state index contributed by atoms with van der Waals surface area (Å²) in [6.07, 6.45) is 9.30. The SMILES string of the molecule is CCCc1cc(Cl)ccc1C1COc2ccc3cc2N(C1)CC1CCC1CCCCC(C)C(C)S(=O)NC3=O.CN1CCN2CCNCC2C1. The summed E-state index contributed by atoms with van der Waals surface area (Å²) in [6.45, 7) is 16.1. The number of anilines is 1. The van der Waals surface area contributed by atoms with Crippen LogP contribution in [-0.2, 0) is 17.4 Å². The van der Waals surface area contributed by atoms with Crippen molar-refractivity contribution in [3.05, 3.63) is 58.1 Å². The number of hydrogen-bond acceptors (Lipinski definition) is 7. The lowest BCUT2D eigenvalue weighted by molar-refractivity contribution is 0.0716. The second-order valence-electron chi connectivity index (χ2n) is 15.6. The van der Waals surface area contributed by atoms with Crippen LogP contribution in [0.15, 0.2) is 36.4 Å². The number of hydrogen-bond donors (Lipinski definition) is 2. The minimum Gasteiger partial charge on any atom is -0.491 e. The summed E-state index contributed by atoms with van der Waals surface area (Å²) < 4.78 is 22.3. The summed E-state index contributed by atoms with van der Waals surface area (Å²) in [5.74, 6) is 2.45. The van der Waals surface area contributed by atoms with Gasteiger partial charge in [0.25, 0.3) is 5.91 Å². The van der Waals surface area contributed by atoms with Crippen molar-refractivity contribution < 1.29 is 13.7 Å². The molecule has 50 heavy (non-hydrogen) atoms. The van der Waals surface area contributed by atoms with Crippen molar-refractivity contribution in [2.75, 3.05) is 70.9 Å². The number of amides is 1. The molecule has 8 nitrogen and oxygen atoms in total. The minimum atomic E-state index is -1.43. The molecule has 0 spiro atoms. The highest BCUT2D eigenvalue weighted by atomic mass is 35.5. The van der Waals surface area contributed by atoms with E-state index in [0.29, 0.717) is 24.0 Å². The van der Waals surface area contributed by atoms with Crippen LogP contribution in [0.4, 0.5) is 5.69 Å². The molecular formula is C40H60ClN5O3S. The lowest BCUT2D eigenvalue weighted by Gasteiger charge is -2.43. The van der Waals surface area contributed by atoms with Gasteiger partial charge in [0, 0.05) is 74.9 Å². The van der Waals surface area contributed by atoms with E-state index in [4.69, 9.17) is 16.3 Å². The van der Waals surface area contributed by atoms with Crippen molar-refractivity contribution in [2.45, 2.75) is 89.3 Å². The first kappa shape index (κ1) is 37.6. The number of aryl methyl sites for hydroxylation is 1. The van der Waals surface area contributed by atoms with Crippen LogP contribution in [0.2, 0.25) is 5.02 Å². The Balaban J connectivity index is 0.000000331. The molecule has 7 atom stereocenters. The number of nitrogens with zero attached hydrogens (tertiary/aromatic N) is 3. The number of halogens is 1. The van der Waals surface area contributed by atoms with E-state index in [1.807, 2.05) is 25.1 Å². The summed E-state index contributed by atoms with van der Waals surface area (Å²) in [5, 5.41) is 4.13. The normalized spacial score (nSPS) is 31.0. The number of fused-ring (bicyclic) bond motifs is 3. The van der Waals surface area contributed by atoms with Gasteiger partial charge in [0.15, 0.2) is 0 Å². The van der Waals surface area contributed by atoms with E-state index in [-0.39, 0.29) is 17.1 Å². The number of nitrogens with one attached hydrogen (secondary N) is 2. The molecule has 1 saturated carbocycles. The molecule has 276 valence electrons. The van der Waals surface area contributed by atoms with Crippen LogP contribution in [-0.4, -0.2) is 97.2 Å². The molecule has 1 amide bonds. The van der Waals surface area contributed by atoms with Gasteiger partial charge >= 0.3 is 0 Å². The average molecular weight is 726 g/mol. The maximum Gasteiger partial charge on any atom is 0.263 e. The quantitative estimate of drug-likeness (QED) is 0.375. The molecule has 7 unspecified atom stereocenters. The number of carbonyl (C=O) groups excluding carboxylic acids is 1. The van der Waals surface area contributed by atoms with Crippen LogP contribution >= 0.6 is 11.6 Å². The van der Waals surface area contributed by atoms with Crippen molar-refractivity contribution in [1.29, 1.82) is 0 Å². The van der Waals surface area contributed by atoms with Crippen LogP contribution in [0.5, 0.6) is 5.75 Å². The van der Waals surface area contributed by atoms with Gasteiger partial charge in [-0.15, -0.1) is 0 Å². The Labute approximate surface area is 308 Å². The molecule has 2 saturated heterocycles. The molecule has 0 aromatic heterocycles. The summed E-state index contributed by atoms with van der Waals surface area (Å²) in [5.41, 5.74) is 4.11. The molecular weight excluding hydrogens is 666 g/mol. The fraction of sp³-hybridized carbons (Fsp3) is 0.675. The van der Waals surface area contributed by atoms with E-state index < -0.39 is 11.0 Å². The van der Waals surface area contributed by atoms with Crippen molar-refractivity contribution >= 4 is 34.2 Å². The van der Waals surface area contributed by atoms with Gasteiger partial charge in [0.1, 0.15) is 16.7 Å². The molecule has 2 aromatic carbocycles. The van der Waals surface area contributed by atoms with Gasteiger partial charge in [-0.05, 0) is 98.9 Å². The van der Waals surface area contributed by atoms with Gasteiger partial charge in [-0.2, -0.15) is 0 Å². The van der Waals surface area contributed by atoms with Crippen LogP contribution in [0.1, 0.15) is 93.1 Å². The number of carbonyl (C=O) groups is 1. The zero-order valence-corrected chi connectivity index (χ0v) is 32.4. The maximum absolute atomic E-state index is 13.2. The van der Waals surface area contributed by atoms with E-state index in [1.165, 1.54) is 76.1 Å². The van der Waals surface area contributed by atoms with Crippen LogP contribution in [0.25, 0.3) is 0 Å². The largest absolute Gasteiger partial charge is 0.491 e. The first-order valence-corrected chi connectivity index (χ1v) is 20.9. The van der Waals surface area contributed by atoms with E-state index in [9.17, 15) is 9.00 Å². The predicted octanol–water partition coefficient (Wildman–Crippen LogP) is 6.50. The molecule has 4 heterocycles. The molecule has 5 aliphatic rings. The smallest absolute Gasteiger partial charge is 0.263 e. The van der Waals surface area contributed by atoms with E-state index in [0.717, 1.165) is 67.2 Å². The number of rotatable bonds is 3. The van der Waals surface area contributed by atoms with Crippen molar-refractivity contribution in [1.82, 2.24) is 19.8 Å². The van der Waals surface area contributed by atoms with Crippen LogP contribution in [0, 0.1) is 17.8 Å². The van der Waals surface area contributed by atoms with Gasteiger partial charge in [-0.1, -0.05) is 57.2 Å². The van der Waals surface area contributed by atoms with E-state index in [2.05, 4.69) is 57.8 Å². The number of piperazine rings is 2. The molecule has 1 aliphatic carbocycles. The molecule has 2 N–H and O–H groups in total. The van der Waals surface area contributed by atoms with Crippen molar-refractivity contribution in [3.63, 3.8) is 0 Å². The molecule has 2 aromatic rings. The zero-order chi connectivity index (χ0) is 35.2. The first-order valence-electron chi connectivity index (χ1n) is 19.3. The average Bonchev–Trinajstić information content (AvgIpc) is 3.28. The first-order chi connectivity index (χ1) is 24.2. The Bertz CT molecular complexity index is 1480. The fourth-order valence-corrected chi connectivity index (χ4v) is 9.82. The standard InChI is InChI=1S/C32H43ClN2O3S.C8H17N3/c1-4-7-24-16-28(33)13-14-29(24)27-19-35-18-26-11-10-23(26)9-6-5-8-21(2)22(3)39(37)34-32(36)25-12-15-31(38-20-27)30(35)17-25;1-10-4-5-11-3-2-9-6-8(11)7-10/h12-17,21-23,26-27H,4-11,18-20H2,1-3H3,(H,34,36);8-9H,2-7H2,1H3. The molecule has 2 bridgehead atoms. The highest BCUT2D eigenvalue weighted by Gasteiger charge is 2.35. The Morgan fingerprint density at radius 2 is 1.78 bits per heavy atom. The van der Waals surface area contributed by atoms with Gasteiger partial charge in [0.2, 0.25) is 0 Å². The number of likely N-dealkylation sites (N-methyl/N-ethyl adjacent to an activating group) is 1. The van der Waals surface area contributed by atoms with E-state index in [1.54, 1.807) is 6.07 Å². The highest BCUT2D eigenvalue weighted by molar-refractivity contribution is 7.84. The predicted molar refractivity (Wildman–Crippen MR) is 207 cm³/mol. The molecule has 7 rings (SSSR count). The Morgan fingerprint density at radius 3 is 2.58 bits per heavy atom. The third kappa shape index (κ3) is 9.24. The summed E-state index contributed by atoms with van der Waals surface area (Å²) in [6, 6.07) is 12.7. The lowest BCUT2D eigenvalue weighted by Crippen LogP contribution is -2.60. The van der Waals surface area contributed by atoms with Gasteiger partial charge in [0.05, 0.1) is 17.5 Å². The van der Waals surface area contributed by atoms with Gasteiger partial charge < -0.3 is 19.9 Å². The van der Waals surface area contributed by atoms with Gasteiger partial charge in [-0.3, -0.25) is 14.4 Å². The monoisotopic (exact) mass is 725 g/mol. The van der Waals surface area contributed by atoms with Crippen molar-refractivity contribution in [3.8, 4) is 5.75 Å². The third-order valence-corrected chi connectivity index (χ3v) is 13.9. The van der Waals surface area contributed by atoms with Crippen molar-refractivity contribution in [2.24, 2.45) is 17.8 Å². The molecule has 0 radical (unpaired) electrons. The Hall–Kier alpha value is -2.17.